The molecule has 7 nitrogen and oxygen atoms in total. The van der Waals surface area contributed by atoms with Gasteiger partial charge < -0.3 is 5.32 Å². The van der Waals surface area contributed by atoms with Crippen LogP contribution in [-0.4, -0.2) is 36.6 Å². The summed E-state index contributed by atoms with van der Waals surface area (Å²) in [5.74, 6) is 0.576. The molecular formula is C14H11N7. The van der Waals surface area contributed by atoms with Crippen molar-refractivity contribution in [2.75, 3.05) is 12.4 Å². The smallest absolute Gasteiger partial charge is 0.240 e. The lowest BCUT2D eigenvalue weighted by atomic mass is 10.1. The van der Waals surface area contributed by atoms with Crippen molar-refractivity contribution >= 4 is 22.6 Å². The Balaban J connectivity index is 1.91. The molecule has 0 atom stereocenters. The summed E-state index contributed by atoms with van der Waals surface area (Å²) < 4.78 is 1.79. The predicted molar refractivity (Wildman–Crippen MR) is 78.9 cm³/mol. The lowest BCUT2D eigenvalue weighted by Gasteiger charge is -2.02. The van der Waals surface area contributed by atoms with Crippen molar-refractivity contribution in [3.05, 3.63) is 43.1 Å². The van der Waals surface area contributed by atoms with E-state index in [-0.39, 0.29) is 0 Å². The molecule has 0 aliphatic heterocycles. The zero-order chi connectivity index (χ0) is 14.2. The van der Waals surface area contributed by atoms with E-state index in [0.29, 0.717) is 11.6 Å². The molecule has 0 fully saturated rings. The third kappa shape index (κ3) is 1.86. The van der Waals surface area contributed by atoms with Gasteiger partial charge in [0.1, 0.15) is 5.52 Å². The number of rotatable bonds is 2. The number of aromatic nitrogens is 6. The van der Waals surface area contributed by atoms with Crippen LogP contribution in [0, 0.1) is 0 Å². The molecule has 0 amide bonds. The summed E-state index contributed by atoms with van der Waals surface area (Å²) in [6, 6.07) is 3.96. The van der Waals surface area contributed by atoms with Gasteiger partial charge in [-0.3, -0.25) is 4.98 Å². The molecule has 0 unspecified atom stereocenters. The first-order chi connectivity index (χ1) is 10.3. The molecule has 21 heavy (non-hydrogen) atoms. The van der Waals surface area contributed by atoms with Gasteiger partial charge in [-0.25, -0.2) is 19.5 Å². The van der Waals surface area contributed by atoms with Gasteiger partial charge in [0.2, 0.25) is 5.95 Å². The molecule has 4 heterocycles. The molecule has 0 radical (unpaired) electrons. The summed E-state index contributed by atoms with van der Waals surface area (Å²) in [5.41, 5.74) is 4.30. The standard InChI is InChI=1S/C14H11N7/c1-15-14-19-8-12-10(2-5-21(12)20-14)9-6-11-13(18-7-9)17-4-3-16-11/h2-8H,1H3,(H,15,20). The lowest BCUT2D eigenvalue weighted by Crippen LogP contribution is -2.00. The number of hydrogen-bond donors (Lipinski definition) is 1. The minimum absolute atomic E-state index is 0.576. The van der Waals surface area contributed by atoms with Gasteiger partial charge in [0.15, 0.2) is 5.65 Å². The van der Waals surface area contributed by atoms with Gasteiger partial charge in [0.25, 0.3) is 0 Å². The van der Waals surface area contributed by atoms with Gasteiger partial charge >= 0.3 is 0 Å². The second-order valence-corrected chi connectivity index (χ2v) is 4.51. The van der Waals surface area contributed by atoms with Crippen LogP contribution in [0.3, 0.4) is 0 Å². The monoisotopic (exact) mass is 277 g/mol. The number of nitrogens with one attached hydrogen (secondary N) is 1. The zero-order valence-corrected chi connectivity index (χ0v) is 11.2. The first-order valence-corrected chi connectivity index (χ1v) is 6.44. The highest BCUT2D eigenvalue weighted by molar-refractivity contribution is 5.84. The molecule has 0 aliphatic rings. The zero-order valence-electron chi connectivity index (χ0n) is 11.2. The molecular weight excluding hydrogens is 266 g/mol. The summed E-state index contributed by atoms with van der Waals surface area (Å²) in [5, 5.41) is 7.27. The SMILES string of the molecule is CNc1ncc2c(-c3cnc4nccnc4c3)ccn2n1. The Kier molecular flexibility index (Phi) is 2.50. The van der Waals surface area contributed by atoms with Gasteiger partial charge in [-0.1, -0.05) is 0 Å². The minimum atomic E-state index is 0.576. The van der Waals surface area contributed by atoms with Crippen molar-refractivity contribution in [1.82, 2.24) is 29.5 Å². The molecule has 0 aliphatic carbocycles. The van der Waals surface area contributed by atoms with Crippen LogP contribution in [0.25, 0.3) is 27.8 Å². The summed E-state index contributed by atoms with van der Waals surface area (Å²) >= 11 is 0. The maximum Gasteiger partial charge on any atom is 0.240 e. The summed E-state index contributed by atoms with van der Waals surface area (Å²) in [4.78, 5) is 17.1. The minimum Gasteiger partial charge on any atom is -0.356 e. The fourth-order valence-corrected chi connectivity index (χ4v) is 2.26. The Bertz CT molecular complexity index is 944. The van der Waals surface area contributed by atoms with Gasteiger partial charge in [0.05, 0.1) is 11.7 Å². The largest absolute Gasteiger partial charge is 0.356 e. The molecule has 4 aromatic rings. The second-order valence-electron chi connectivity index (χ2n) is 4.51. The lowest BCUT2D eigenvalue weighted by molar-refractivity contribution is 0.909. The van der Waals surface area contributed by atoms with E-state index in [1.54, 1.807) is 36.4 Å². The van der Waals surface area contributed by atoms with E-state index in [1.807, 2.05) is 18.3 Å². The average molecular weight is 277 g/mol. The van der Waals surface area contributed by atoms with Crippen LogP contribution >= 0.6 is 0 Å². The number of nitrogens with zero attached hydrogens (tertiary/aromatic N) is 6. The fourth-order valence-electron chi connectivity index (χ4n) is 2.26. The van der Waals surface area contributed by atoms with E-state index >= 15 is 0 Å². The Morgan fingerprint density at radius 3 is 2.86 bits per heavy atom. The van der Waals surface area contributed by atoms with Crippen LogP contribution in [-0.2, 0) is 0 Å². The third-order valence-electron chi connectivity index (χ3n) is 3.28. The number of pyridine rings is 1. The normalized spacial score (nSPS) is 11.1. The van der Waals surface area contributed by atoms with E-state index in [4.69, 9.17) is 0 Å². The maximum absolute atomic E-state index is 4.35. The van der Waals surface area contributed by atoms with Crippen LogP contribution in [0.2, 0.25) is 0 Å². The molecule has 7 heteroatoms. The molecule has 102 valence electrons. The summed E-state index contributed by atoms with van der Waals surface area (Å²) in [7, 11) is 1.79. The van der Waals surface area contributed by atoms with Crippen LogP contribution in [0.1, 0.15) is 0 Å². The highest BCUT2D eigenvalue weighted by Gasteiger charge is 2.09. The van der Waals surface area contributed by atoms with Gasteiger partial charge in [0, 0.05) is 43.0 Å². The topological polar surface area (TPSA) is 80.9 Å². The Morgan fingerprint density at radius 2 is 1.95 bits per heavy atom. The van der Waals surface area contributed by atoms with Crippen molar-refractivity contribution in [3.8, 4) is 11.1 Å². The van der Waals surface area contributed by atoms with Crippen LogP contribution < -0.4 is 5.32 Å². The van der Waals surface area contributed by atoms with Crippen molar-refractivity contribution in [1.29, 1.82) is 0 Å². The van der Waals surface area contributed by atoms with Crippen molar-refractivity contribution in [2.24, 2.45) is 0 Å². The Morgan fingerprint density at radius 1 is 1.05 bits per heavy atom. The van der Waals surface area contributed by atoms with E-state index in [2.05, 4.69) is 30.4 Å². The summed E-state index contributed by atoms with van der Waals surface area (Å²) in [6.07, 6.45) is 8.77. The quantitative estimate of drug-likeness (QED) is 0.601. The maximum atomic E-state index is 4.35. The number of fused-ring (bicyclic) bond motifs is 2. The van der Waals surface area contributed by atoms with Crippen LogP contribution in [0.15, 0.2) is 43.1 Å². The molecule has 0 aromatic carbocycles. The van der Waals surface area contributed by atoms with Gasteiger partial charge in [-0.05, 0) is 12.1 Å². The van der Waals surface area contributed by atoms with Crippen LogP contribution in [0.5, 0.6) is 0 Å². The Hall–Kier alpha value is -3.09. The summed E-state index contributed by atoms with van der Waals surface area (Å²) in [6.45, 7) is 0. The van der Waals surface area contributed by atoms with Gasteiger partial charge in [-0.2, -0.15) is 0 Å². The molecule has 4 rings (SSSR count). The molecule has 0 bridgehead atoms. The van der Waals surface area contributed by atoms with Gasteiger partial charge in [-0.15, -0.1) is 5.10 Å². The van der Waals surface area contributed by atoms with Crippen molar-refractivity contribution < 1.29 is 0 Å². The molecule has 0 saturated carbocycles. The third-order valence-corrected chi connectivity index (χ3v) is 3.28. The Labute approximate surface area is 119 Å². The van der Waals surface area contributed by atoms with E-state index in [9.17, 15) is 0 Å². The molecule has 0 spiro atoms. The first-order valence-electron chi connectivity index (χ1n) is 6.44. The van der Waals surface area contributed by atoms with Crippen molar-refractivity contribution in [3.63, 3.8) is 0 Å². The van der Waals surface area contributed by atoms with E-state index in [1.165, 1.54) is 0 Å². The highest BCUT2D eigenvalue weighted by Crippen LogP contribution is 2.26. The number of anilines is 1. The fraction of sp³-hybridized carbons (Fsp3) is 0.0714. The predicted octanol–water partition coefficient (Wildman–Crippen LogP) is 1.78. The van der Waals surface area contributed by atoms with Crippen LogP contribution in [0.4, 0.5) is 5.95 Å². The van der Waals surface area contributed by atoms with Crippen molar-refractivity contribution in [2.45, 2.75) is 0 Å². The molecule has 4 aromatic heterocycles. The molecule has 1 N–H and O–H groups in total. The number of hydrogen-bond acceptors (Lipinski definition) is 6. The van der Waals surface area contributed by atoms with E-state index < -0.39 is 0 Å². The average Bonchev–Trinajstić information content (AvgIpc) is 2.97. The molecule has 0 saturated heterocycles. The highest BCUT2D eigenvalue weighted by atomic mass is 15.3. The first kappa shape index (κ1) is 11.7. The second kappa shape index (κ2) is 4.48. The van der Waals surface area contributed by atoms with E-state index in [0.717, 1.165) is 22.2 Å².